The predicted octanol–water partition coefficient (Wildman–Crippen LogP) is 1.40. The summed E-state index contributed by atoms with van der Waals surface area (Å²) in [5.41, 5.74) is 1.13. The highest BCUT2D eigenvalue weighted by Gasteiger charge is 2.43. The Kier molecular flexibility index (Phi) is 5.14. The van der Waals surface area contributed by atoms with Gasteiger partial charge in [0.15, 0.2) is 11.5 Å². The van der Waals surface area contributed by atoms with Crippen LogP contribution in [-0.2, 0) is 4.74 Å². The summed E-state index contributed by atoms with van der Waals surface area (Å²) >= 11 is 0. The maximum atomic E-state index is 14.4. The highest BCUT2D eigenvalue weighted by atomic mass is 19.1. The molecule has 0 bridgehead atoms. The molecule has 0 saturated carbocycles. The quantitative estimate of drug-likeness (QED) is 0.612. The number of fused-ring (bicyclic) bond motifs is 1. The highest BCUT2D eigenvalue weighted by molar-refractivity contribution is 6.05. The lowest BCUT2D eigenvalue weighted by Crippen LogP contribution is -2.69. The van der Waals surface area contributed by atoms with Crippen LogP contribution in [0.2, 0.25) is 0 Å². The fraction of sp³-hybridized carbons (Fsp3) is 0.429. The molecule has 2 aliphatic heterocycles. The largest absolute Gasteiger partial charge is 0.477 e. The summed E-state index contributed by atoms with van der Waals surface area (Å²) in [7, 11) is 0. The molecule has 5 rings (SSSR count). The minimum Gasteiger partial charge on any atom is -0.477 e. The number of ether oxygens (including phenoxy) is 2. The van der Waals surface area contributed by atoms with Crippen LogP contribution in [0.1, 0.15) is 23.0 Å². The molecule has 2 saturated heterocycles. The first-order valence-electron chi connectivity index (χ1n) is 10.5. The lowest BCUT2D eigenvalue weighted by Gasteiger charge is -2.48. The van der Waals surface area contributed by atoms with Gasteiger partial charge in [0.25, 0.3) is 5.91 Å². The average Bonchev–Trinajstić information content (AvgIpc) is 3.13. The van der Waals surface area contributed by atoms with Crippen molar-refractivity contribution in [3.8, 4) is 5.88 Å². The first kappa shape index (κ1) is 20.6. The van der Waals surface area contributed by atoms with E-state index in [-0.39, 0.29) is 28.4 Å². The number of carbonyl (C=O) groups is 1. The predicted molar refractivity (Wildman–Crippen MR) is 115 cm³/mol. The first-order chi connectivity index (χ1) is 15.5. The van der Waals surface area contributed by atoms with Gasteiger partial charge in [-0.05, 0) is 13.8 Å². The van der Waals surface area contributed by atoms with Gasteiger partial charge in [-0.25, -0.2) is 14.4 Å². The Morgan fingerprint density at radius 2 is 2.22 bits per heavy atom. The number of hydrogen-bond donors (Lipinski definition) is 2. The van der Waals surface area contributed by atoms with E-state index in [9.17, 15) is 9.18 Å². The Labute approximate surface area is 183 Å². The summed E-state index contributed by atoms with van der Waals surface area (Å²) in [6, 6.07) is 1.23. The zero-order valence-electron chi connectivity index (χ0n) is 17.9. The van der Waals surface area contributed by atoms with E-state index in [0.29, 0.717) is 37.9 Å². The minimum absolute atomic E-state index is 0.172. The van der Waals surface area contributed by atoms with Crippen LogP contribution in [0.25, 0.3) is 5.65 Å². The standard InChI is InChI=1S/C21H24FN7O3/c1-3-31-19-15(7-24-20(27-19)28-4-5-32-21(12-28)10-23-11-21)18(30)26-14-6-16(22)17-25-13(2)8-29(17)9-14/h6-9,23H,3-5,10-12H2,1-2H3,(H,26,30). The number of anilines is 2. The normalized spacial score (nSPS) is 17.4. The van der Waals surface area contributed by atoms with Crippen LogP contribution >= 0.6 is 0 Å². The van der Waals surface area contributed by atoms with E-state index in [1.54, 1.807) is 19.3 Å². The average molecular weight is 441 g/mol. The molecule has 0 atom stereocenters. The van der Waals surface area contributed by atoms with Crippen molar-refractivity contribution in [2.45, 2.75) is 19.4 Å². The number of aromatic nitrogens is 4. The van der Waals surface area contributed by atoms with Crippen molar-refractivity contribution in [3.05, 3.63) is 41.7 Å². The Balaban J connectivity index is 1.39. The molecular weight excluding hydrogens is 417 g/mol. The van der Waals surface area contributed by atoms with Gasteiger partial charge in [0.05, 0.1) is 31.1 Å². The van der Waals surface area contributed by atoms with Crippen LogP contribution in [0.3, 0.4) is 0 Å². The van der Waals surface area contributed by atoms with Gasteiger partial charge < -0.3 is 29.4 Å². The number of pyridine rings is 1. The lowest BCUT2D eigenvalue weighted by molar-refractivity contribution is -0.0885. The van der Waals surface area contributed by atoms with Crippen LogP contribution in [0.5, 0.6) is 5.88 Å². The number of halogens is 1. The summed E-state index contributed by atoms with van der Waals surface area (Å²) in [5.74, 6) is -0.347. The van der Waals surface area contributed by atoms with Crippen molar-refractivity contribution in [1.82, 2.24) is 24.7 Å². The van der Waals surface area contributed by atoms with Gasteiger partial charge in [0.1, 0.15) is 11.2 Å². The Morgan fingerprint density at radius 3 is 2.97 bits per heavy atom. The number of amides is 1. The second kappa shape index (κ2) is 7.99. The molecule has 168 valence electrons. The number of rotatable bonds is 5. The second-order valence-electron chi connectivity index (χ2n) is 8.02. The minimum atomic E-state index is -0.528. The molecule has 32 heavy (non-hydrogen) atoms. The maximum absolute atomic E-state index is 14.4. The van der Waals surface area contributed by atoms with Crippen molar-refractivity contribution in [1.29, 1.82) is 0 Å². The maximum Gasteiger partial charge on any atom is 0.262 e. The van der Waals surface area contributed by atoms with Crippen molar-refractivity contribution in [2.75, 3.05) is 49.6 Å². The summed E-state index contributed by atoms with van der Waals surface area (Å²) in [6.45, 7) is 7.41. The van der Waals surface area contributed by atoms with Crippen LogP contribution in [-0.4, -0.2) is 70.3 Å². The van der Waals surface area contributed by atoms with Crippen molar-refractivity contribution >= 4 is 23.2 Å². The SMILES string of the molecule is CCOc1nc(N2CCOC3(CNC3)C2)ncc1C(=O)Nc1cc(F)c2nc(C)cn2c1. The molecule has 0 radical (unpaired) electrons. The molecule has 1 spiro atoms. The fourth-order valence-electron chi connectivity index (χ4n) is 3.99. The molecule has 2 N–H and O–H groups in total. The van der Waals surface area contributed by atoms with Gasteiger partial charge in [0.2, 0.25) is 11.8 Å². The lowest BCUT2D eigenvalue weighted by atomic mass is 9.95. The molecule has 3 aromatic rings. The van der Waals surface area contributed by atoms with Gasteiger partial charge in [-0.2, -0.15) is 4.98 Å². The number of nitrogens with one attached hydrogen (secondary N) is 2. The Bertz CT molecular complexity index is 1180. The molecule has 0 unspecified atom stereocenters. The number of hydrogen-bond acceptors (Lipinski definition) is 8. The van der Waals surface area contributed by atoms with Crippen molar-refractivity contribution < 1.29 is 18.7 Å². The number of aryl methyl sites for hydroxylation is 1. The molecule has 2 fully saturated rings. The molecule has 11 heteroatoms. The summed E-state index contributed by atoms with van der Waals surface area (Å²) in [6.07, 6.45) is 4.73. The smallest absolute Gasteiger partial charge is 0.262 e. The number of nitrogens with zero attached hydrogens (tertiary/aromatic N) is 5. The van der Waals surface area contributed by atoms with E-state index in [0.717, 1.165) is 13.1 Å². The van der Waals surface area contributed by atoms with Gasteiger partial charge in [-0.3, -0.25) is 4.79 Å². The number of imidazole rings is 1. The van der Waals surface area contributed by atoms with E-state index in [4.69, 9.17) is 9.47 Å². The zero-order valence-corrected chi connectivity index (χ0v) is 17.9. The third-order valence-corrected chi connectivity index (χ3v) is 5.58. The molecule has 1 amide bonds. The topological polar surface area (TPSA) is 106 Å². The molecule has 0 aliphatic carbocycles. The van der Waals surface area contributed by atoms with Crippen LogP contribution in [0.15, 0.2) is 24.7 Å². The van der Waals surface area contributed by atoms with Crippen molar-refractivity contribution in [2.24, 2.45) is 0 Å². The number of morpholine rings is 1. The monoisotopic (exact) mass is 441 g/mol. The van der Waals surface area contributed by atoms with E-state index >= 15 is 0 Å². The van der Waals surface area contributed by atoms with Crippen LogP contribution < -0.4 is 20.3 Å². The van der Waals surface area contributed by atoms with Gasteiger partial charge in [-0.15, -0.1) is 0 Å². The van der Waals surface area contributed by atoms with Gasteiger partial charge >= 0.3 is 0 Å². The summed E-state index contributed by atoms with van der Waals surface area (Å²) < 4.78 is 27.5. The zero-order chi connectivity index (χ0) is 22.3. The molecule has 10 nitrogen and oxygen atoms in total. The summed E-state index contributed by atoms with van der Waals surface area (Å²) in [4.78, 5) is 28.0. The van der Waals surface area contributed by atoms with Gasteiger partial charge in [-0.1, -0.05) is 0 Å². The molecule has 5 heterocycles. The van der Waals surface area contributed by atoms with E-state index < -0.39 is 11.7 Å². The highest BCUT2D eigenvalue weighted by Crippen LogP contribution is 2.27. The first-order valence-corrected chi connectivity index (χ1v) is 10.5. The van der Waals surface area contributed by atoms with Crippen LogP contribution in [0, 0.1) is 12.7 Å². The van der Waals surface area contributed by atoms with E-state index in [1.807, 2.05) is 11.8 Å². The molecule has 2 aliphatic rings. The van der Waals surface area contributed by atoms with E-state index in [2.05, 4.69) is 25.6 Å². The number of carbonyl (C=O) groups excluding carboxylic acids is 1. The third-order valence-electron chi connectivity index (χ3n) is 5.58. The Hall–Kier alpha value is -3.31. The molecular formula is C21H24FN7O3. The molecule has 3 aromatic heterocycles. The van der Waals surface area contributed by atoms with Crippen LogP contribution in [0.4, 0.5) is 16.0 Å². The van der Waals surface area contributed by atoms with Crippen molar-refractivity contribution in [3.63, 3.8) is 0 Å². The Morgan fingerprint density at radius 1 is 1.38 bits per heavy atom. The summed E-state index contributed by atoms with van der Waals surface area (Å²) in [5, 5.41) is 5.94. The molecule has 0 aromatic carbocycles. The van der Waals surface area contributed by atoms with E-state index in [1.165, 1.54) is 16.7 Å². The second-order valence-corrected chi connectivity index (χ2v) is 8.02. The third kappa shape index (κ3) is 3.73. The van der Waals surface area contributed by atoms with Gasteiger partial charge in [0, 0.05) is 44.3 Å². The fourth-order valence-corrected chi connectivity index (χ4v) is 3.99.